The van der Waals surface area contributed by atoms with E-state index in [4.69, 9.17) is 0 Å². The summed E-state index contributed by atoms with van der Waals surface area (Å²) in [4.78, 5) is 24.1. The molecule has 6 nitrogen and oxygen atoms in total. The molecule has 2 amide bonds. The minimum Gasteiger partial charge on any atom is -0.352 e. The Balaban J connectivity index is 1.69. The van der Waals surface area contributed by atoms with Crippen molar-refractivity contribution < 1.29 is 22.4 Å². The van der Waals surface area contributed by atoms with Crippen molar-refractivity contribution in [3.05, 3.63) is 65.5 Å². The van der Waals surface area contributed by atoms with Crippen LogP contribution in [0.2, 0.25) is 0 Å². The second kappa shape index (κ2) is 7.25. The summed E-state index contributed by atoms with van der Waals surface area (Å²) in [6.07, 6.45) is 0.262. The predicted molar refractivity (Wildman–Crippen MR) is 94.8 cm³/mol. The number of sulfonamides is 1. The monoisotopic (exact) mass is 376 g/mol. The molecule has 1 heterocycles. The van der Waals surface area contributed by atoms with Crippen molar-refractivity contribution in [3.63, 3.8) is 0 Å². The van der Waals surface area contributed by atoms with Gasteiger partial charge in [0.15, 0.2) is 0 Å². The van der Waals surface area contributed by atoms with Crippen LogP contribution in [0.15, 0.2) is 48.5 Å². The molecule has 0 bridgehead atoms. The van der Waals surface area contributed by atoms with Crippen LogP contribution in [0.4, 0.5) is 10.1 Å². The summed E-state index contributed by atoms with van der Waals surface area (Å²) in [6.45, 7) is 0.227. The van der Waals surface area contributed by atoms with Crippen molar-refractivity contribution >= 4 is 27.5 Å². The van der Waals surface area contributed by atoms with Crippen LogP contribution < -0.4 is 9.62 Å². The SMILES string of the molecule is O=C(NCCc1ccccc1F)c1cccc(N2C(=O)CCS2(=O)=O)c1. The number of carbonyl (C=O) groups excluding carboxylic acids is 2. The van der Waals surface area contributed by atoms with Crippen LogP contribution in [0.1, 0.15) is 22.3 Å². The first-order valence-electron chi connectivity index (χ1n) is 8.06. The molecule has 1 N–H and O–H groups in total. The maximum Gasteiger partial charge on any atom is 0.251 e. The molecule has 8 heteroatoms. The number of hydrogen-bond acceptors (Lipinski definition) is 4. The van der Waals surface area contributed by atoms with Gasteiger partial charge in [0.2, 0.25) is 15.9 Å². The Kier molecular flexibility index (Phi) is 5.03. The first kappa shape index (κ1) is 18.1. The molecule has 0 aliphatic carbocycles. The predicted octanol–water partition coefficient (Wildman–Crippen LogP) is 1.86. The largest absolute Gasteiger partial charge is 0.352 e. The molecule has 26 heavy (non-hydrogen) atoms. The minimum atomic E-state index is -3.68. The van der Waals surface area contributed by atoms with Crippen LogP contribution in [0.25, 0.3) is 0 Å². The highest BCUT2D eigenvalue weighted by Gasteiger charge is 2.36. The number of nitrogens with zero attached hydrogens (tertiary/aromatic N) is 1. The first-order valence-corrected chi connectivity index (χ1v) is 9.67. The summed E-state index contributed by atoms with van der Waals surface area (Å²) in [5.74, 6) is -1.50. The van der Waals surface area contributed by atoms with Crippen molar-refractivity contribution in [3.8, 4) is 0 Å². The van der Waals surface area contributed by atoms with Gasteiger partial charge in [-0.2, -0.15) is 0 Å². The average molecular weight is 376 g/mol. The van der Waals surface area contributed by atoms with E-state index in [-0.39, 0.29) is 35.8 Å². The van der Waals surface area contributed by atoms with Gasteiger partial charge in [-0.25, -0.2) is 17.1 Å². The quantitative estimate of drug-likeness (QED) is 0.863. The van der Waals surface area contributed by atoms with E-state index in [1.165, 1.54) is 30.3 Å². The first-order chi connectivity index (χ1) is 12.4. The van der Waals surface area contributed by atoms with Gasteiger partial charge in [-0.1, -0.05) is 24.3 Å². The molecule has 3 rings (SSSR count). The Bertz CT molecular complexity index is 959. The second-order valence-electron chi connectivity index (χ2n) is 5.87. The summed E-state index contributed by atoms with van der Waals surface area (Å²) in [7, 11) is -3.68. The van der Waals surface area contributed by atoms with Gasteiger partial charge in [0.05, 0.1) is 11.4 Å². The van der Waals surface area contributed by atoms with Crippen LogP contribution in [0, 0.1) is 5.82 Å². The molecule has 2 aromatic rings. The van der Waals surface area contributed by atoms with Gasteiger partial charge in [0.25, 0.3) is 5.91 Å². The van der Waals surface area contributed by atoms with Gasteiger partial charge in [0, 0.05) is 18.5 Å². The lowest BCUT2D eigenvalue weighted by Crippen LogP contribution is -2.30. The van der Waals surface area contributed by atoms with Crippen LogP contribution >= 0.6 is 0 Å². The fourth-order valence-corrected chi connectivity index (χ4v) is 4.21. The number of amides is 2. The second-order valence-corrected chi connectivity index (χ2v) is 7.81. The molecular formula is C18H17FN2O4S. The van der Waals surface area contributed by atoms with Gasteiger partial charge in [-0.15, -0.1) is 0 Å². The Hall–Kier alpha value is -2.74. The average Bonchev–Trinajstić information content (AvgIpc) is 2.89. The number of benzene rings is 2. The molecule has 0 unspecified atom stereocenters. The fraction of sp³-hybridized carbons (Fsp3) is 0.222. The van der Waals surface area contributed by atoms with E-state index >= 15 is 0 Å². The lowest BCUT2D eigenvalue weighted by atomic mass is 10.1. The van der Waals surface area contributed by atoms with Gasteiger partial charge in [-0.3, -0.25) is 9.59 Å². The molecule has 1 aliphatic heterocycles. The molecule has 1 saturated heterocycles. The zero-order valence-electron chi connectivity index (χ0n) is 13.8. The summed E-state index contributed by atoms with van der Waals surface area (Å²) in [5, 5.41) is 2.67. The highest BCUT2D eigenvalue weighted by atomic mass is 32.2. The van der Waals surface area contributed by atoms with E-state index in [1.807, 2.05) is 0 Å². The van der Waals surface area contributed by atoms with E-state index in [0.29, 0.717) is 12.0 Å². The molecule has 2 aromatic carbocycles. The van der Waals surface area contributed by atoms with Crippen LogP contribution in [-0.2, 0) is 21.2 Å². The minimum absolute atomic E-state index is 0.0681. The van der Waals surface area contributed by atoms with Gasteiger partial charge >= 0.3 is 0 Å². The Morgan fingerprint density at radius 3 is 2.62 bits per heavy atom. The topological polar surface area (TPSA) is 83.6 Å². The van der Waals surface area contributed by atoms with Crippen molar-refractivity contribution in [1.29, 1.82) is 0 Å². The molecular weight excluding hydrogens is 359 g/mol. The van der Waals surface area contributed by atoms with Gasteiger partial charge in [-0.05, 0) is 36.2 Å². The lowest BCUT2D eigenvalue weighted by molar-refractivity contribution is -0.116. The summed E-state index contributed by atoms with van der Waals surface area (Å²) >= 11 is 0. The van der Waals surface area contributed by atoms with E-state index < -0.39 is 21.8 Å². The van der Waals surface area contributed by atoms with Crippen LogP contribution in [-0.4, -0.2) is 32.5 Å². The van der Waals surface area contributed by atoms with E-state index in [2.05, 4.69) is 5.32 Å². The maximum absolute atomic E-state index is 13.6. The van der Waals surface area contributed by atoms with E-state index in [1.54, 1.807) is 18.2 Å². The third kappa shape index (κ3) is 3.75. The number of halogens is 1. The van der Waals surface area contributed by atoms with Crippen molar-refractivity contribution in [2.24, 2.45) is 0 Å². The highest BCUT2D eigenvalue weighted by molar-refractivity contribution is 7.94. The molecule has 136 valence electrons. The number of anilines is 1. The lowest BCUT2D eigenvalue weighted by Gasteiger charge is -2.15. The Labute approximate surface area is 150 Å². The zero-order valence-corrected chi connectivity index (χ0v) is 14.6. The number of nitrogens with one attached hydrogen (secondary N) is 1. The number of carbonyl (C=O) groups is 2. The smallest absolute Gasteiger partial charge is 0.251 e. The molecule has 0 aromatic heterocycles. The number of rotatable bonds is 5. The normalized spacial score (nSPS) is 15.9. The summed E-state index contributed by atoms with van der Waals surface area (Å²) in [6, 6.07) is 12.2. The molecule has 1 fully saturated rings. The Morgan fingerprint density at radius 1 is 1.15 bits per heavy atom. The standard InChI is InChI=1S/C18H17FN2O4S/c19-16-7-2-1-4-13(16)8-10-20-18(23)14-5-3-6-15(12-14)21-17(22)9-11-26(21,24)25/h1-7,12H,8-11H2,(H,20,23). The van der Waals surface area contributed by atoms with Crippen molar-refractivity contribution in [2.45, 2.75) is 12.8 Å². The summed E-state index contributed by atoms with van der Waals surface area (Å²) in [5.41, 5.74) is 0.871. The van der Waals surface area contributed by atoms with E-state index in [0.717, 1.165) is 4.31 Å². The van der Waals surface area contributed by atoms with Gasteiger partial charge in [0.1, 0.15) is 5.82 Å². The maximum atomic E-state index is 13.6. The molecule has 1 aliphatic rings. The molecule has 0 radical (unpaired) electrons. The molecule has 0 atom stereocenters. The van der Waals surface area contributed by atoms with Crippen LogP contribution in [0.5, 0.6) is 0 Å². The molecule has 0 spiro atoms. The van der Waals surface area contributed by atoms with Crippen molar-refractivity contribution in [1.82, 2.24) is 5.32 Å². The third-order valence-corrected chi connectivity index (χ3v) is 5.75. The van der Waals surface area contributed by atoms with Crippen molar-refractivity contribution in [2.75, 3.05) is 16.6 Å². The third-order valence-electron chi connectivity index (χ3n) is 4.06. The van der Waals surface area contributed by atoms with Crippen LogP contribution in [0.3, 0.4) is 0 Å². The molecule has 0 saturated carbocycles. The number of hydrogen-bond donors (Lipinski definition) is 1. The van der Waals surface area contributed by atoms with E-state index in [9.17, 15) is 22.4 Å². The zero-order chi connectivity index (χ0) is 18.7. The summed E-state index contributed by atoms with van der Waals surface area (Å²) < 4.78 is 38.3. The highest BCUT2D eigenvalue weighted by Crippen LogP contribution is 2.25. The Morgan fingerprint density at radius 2 is 1.92 bits per heavy atom. The fourth-order valence-electron chi connectivity index (χ4n) is 2.76. The van der Waals surface area contributed by atoms with Gasteiger partial charge < -0.3 is 5.32 Å².